The number of rotatable bonds is 6. The van der Waals surface area contributed by atoms with Crippen molar-refractivity contribution < 1.29 is 4.74 Å². The summed E-state index contributed by atoms with van der Waals surface area (Å²) < 4.78 is 5.16. The predicted molar refractivity (Wildman–Crippen MR) is 71.6 cm³/mol. The second kappa shape index (κ2) is 5.54. The highest BCUT2D eigenvalue weighted by molar-refractivity contribution is 5.27. The number of benzene rings is 1. The minimum Gasteiger partial charge on any atom is -0.497 e. The molecule has 0 saturated heterocycles. The molecule has 1 aromatic carbocycles. The van der Waals surface area contributed by atoms with Gasteiger partial charge in [-0.1, -0.05) is 19.1 Å². The summed E-state index contributed by atoms with van der Waals surface area (Å²) in [4.78, 5) is 0. The van der Waals surface area contributed by atoms with Gasteiger partial charge in [-0.3, -0.25) is 0 Å². The third kappa shape index (κ3) is 3.01. The van der Waals surface area contributed by atoms with Crippen LogP contribution in [-0.4, -0.2) is 19.2 Å². The molecule has 0 spiro atoms. The van der Waals surface area contributed by atoms with Gasteiger partial charge in [-0.2, -0.15) is 0 Å². The SMILES string of the molecule is CCC1(NCCc2ccc(OC)cc2)CCC1. The van der Waals surface area contributed by atoms with Crippen molar-refractivity contribution in [2.24, 2.45) is 0 Å². The number of nitrogens with one attached hydrogen (secondary N) is 1. The van der Waals surface area contributed by atoms with Crippen molar-refractivity contribution in [3.05, 3.63) is 29.8 Å². The van der Waals surface area contributed by atoms with Crippen LogP contribution < -0.4 is 10.1 Å². The molecule has 1 fully saturated rings. The third-order valence-electron chi connectivity index (χ3n) is 4.06. The second-order valence-corrected chi connectivity index (χ2v) is 5.01. The molecule has 0 radical (unpaired) electrons. The van der Waals surface area contributed by atoms with Crippen LogP contribution >= 0.6 is 0 Å². The van der Waals surface area contributed by atoms with Gasteiger partial charge in [-0.25, -0.2) is 0 Å². The lowest BCUT2D eigenvalue weighted by atomic mass is 9.75. The first-order chi connectivity index (χ1) is 8.28. The van der Waals surface area contributed by atoms with Gasteiger partial charge in [0.2, 0.25) is 0 Å². The Kier molecular flexibility index (Phi) is 4.06. The molecule has 0 aliphatic heterocycles. The van der Waals surface area contributed by atoms with Gasteiger partial charge in [-0.05, 0) is 56.3 Å². The molecule has 1 saturated carbocycles. The highest BCUT2D eigenvalue weighted by Crippen LogP contribution is 2.34. The molecule has 1 aliphatic rings. The van der Waals surface area contributed by atoms with E-state index < -0.39 is 0 Å². The lowest BCUT2D eigenvalue weighted by Gasteiger charge is -2.42. The second-order valence-electron chi connectivity index (χ2n) is 5.01. The molecular weight excluding hydrogens is 210 g/mol. The largest absolute Gasteiger partial charge is 0.497 e. The summed E-state index contributed by atoms with van der Waals surface area (Å²) in [7, 11) is 1.71. The molecule has 1 aromatic rings. The van der Waals surface area contributed by atoms with Crippen LogP contribution in [0.5, 0.6) is 5.75 Å². The zero-order valence-corrected chi connectivity index (χ0v) is 11.0. The van der Waals surface area contributed by atoms with Gasteiger partial charge in [0, 0.05) is 5.54 Å². The molecule has 0 bridgehead atoms. The van der Waals surface area contributed by atoms with E-state index in [1.54, 1.807) is 7.11 Å². The Morgan fingerprint density at radius 1 is 1.24 bits per heavy atom. The van der Waals surface area contributed by atoms with Gasteiger partial charge >= 0.3 is 0 Å². The number of ether oxygens (including phenoxy) is 1. The fourth-order valence-corrected chi connectivity index (χ4v) is 2.52. The molecule has 2 nitrogen and oxygen atoms in total. The molecule has 0 atom stereocenters. The van der Waals surface area contributed by atoms with Crippen LogP contribution in [-0.2, 0) is 6.42 Å². The maximum atomic E-state index is 5.16. The third-order valence-corrected chi connectivity index (χ3v) is 4.06. The van der Waals surface area contributed by atoms with E-state index in [4.69, 9.17) is 4.74 Å². The summed E-state index contributed by atoms with van der Waals surface area (Å²) in [5.41, 5.74) is 1.84. The Balaban J connectivity index is 1.77. The van der Waals surface area contributed by atoms with Crippen LogP contribution in [0.15, 0.2) is 24.3 Å². The highest BCUT2D eigenvalue weighted by Gasteiger charge is 2.33. The Morgan fingerprint density at radius 2 is 1.94 bits per heavy atom. The molecular formula is C15H23NO. The van der Waals surface area contributed by atoms with Crippen LogP contribution in [0.2, 0.25) is 0 Å². The van der Waals surface area contributed by atoms with Crippen molar-refractivity contribution in [3.63, 3.8) is 0 Å². The van der Waals surface area contributed by atoms with E-state index in [1.165, 1.54) is 31.2 Å². The monoisotopic (exact) mass is 233 g/mol. The first kappa shape index (κ1) is 12.4. The van der Waals surface area contributed by atoms with E-state index in [-0.39, 0.29) is 0 Å². The lowest BCUT2D eigenvalue weighted by molar-refractivity contribution is 0.179. The average Bonchev–Trinajstić information content (AvgIpc) is 2.33. The zero-order chi connectivity index (χ0) is 12.1. The molecule has 17 heavy (non-hydrogen) atoms. The molecule has 2 rings (SSSR count). The fourth-order valence-electron chi connectivity index (χ4n) is 2.52. The Hall–Kier alpha value is -1.02. The van der Waals surface area contributed by atoms with Gasteiger partial charge in [0.25, 0.3) is 0 Å². The van der Waals surface area contributed by atoms with Crippen molar-refractivity contribution in [1.82, 2.24) is 5.32 Å². The summed E-state index contributed by atoms with van der Waals surface area (Å²) >= 11 is 0. The van der Waals surface area contributed by atoms with Crippen LogP contribution in [0.3, 0.4) is 0 Å². The lowest BCUT2D eigenvalue weighted by Crippen LogP contribution is -2.50. The summed E-state index contributed by atoms with van der Waals surface area (Å²) in [6.45, 7) is 3.37. The summed E-state index contributed by atoms with van der Waals surface area (Å²) in [6, 6.07) is 8.38. The first-order valence-electron chi connectivity index (χ1n) is 6.66. The summed E-state index contributed by atoms with van der Waals surface area (Å²) in [6.07, 6.45) is 6.46. The Bertz CT molecular complexity index is 335. The summed E-state index contributed by atoms with van der Waals surface area (Å²) in [5, 5.41) is 3.73. The van der Waals surface area contributed by atoms with Gasteiger partial charge in [-0.15, -0.1) is 0 Å². The van der Waals surface area contributed by atoms with E-state index in [2.05, 4.69) is 24.4 Å². The quantitative estimate of drug-likeness (QED) is 0.815. The van der Waals surface area contributed by atoms with Crippen molar-refractivity contribution >= 4 is 0 Å². The van der Waals surface area contributed by atoms with Gasteiger partial charge < -0.3 is 10.1 Å². The normalized spacial score (nSPS) is 17.5. The average molecular weight is 233 g/mol. The van der Waals surface area contributed by atoms with E-state index in [0.717, 1.165) is 18.7 Å². The van der Waals surface area contributed by atoms with E-state index in [1.807, 2.05) is 12.1 Å². The van der Waals surface area contributed by atoms with Crippen molar-refractivity contribution in [2.45, 2.75) is 44.6 Å². The van der Waals surface area contributed by atoms with E-state index in [0.29, 0.717) is 5.54 Å². The molecule has 0 unspecified atom stereocenters. The number of methoxy groups -OCH3 is 1. The Labute approximate surface area is 104 Å². The van der Waals surface area contributed by atoms with Crippen LogP contribution in [0.4, 0.5) is 0 Å². The topological polar surface area (TPSA) is 21.3 Å². The molecule has 1 N–H and O–H groups in total. The predicted octanol–water partition coefficient (Wildman–Crippen LogP) is 3.16. The van der Waals surface area contributed by atoms with Gasteiger partial charge in [0.1, 0.15) is 5.75 Å². The highest BCUT2D eigenvalue weighted by atomic mass is 16.5. The summed E-state index contributed by atoms with van der Waals surface area (Å²) in [5.74, 6) is 0.936. The standard InChI is InChI=1S/C15H23NO/c1-3-15(10-4-11-15)16-12-9-13-5-7-14(17-2)8-6-13/h5-8,16H,3-4,9-12H2,1-2H3. The van der Waals surface area contributed by atoms with Crippen molar-refractivity contribution in [1.29, 1.82) is 0 Å². The number of hydrogen-bond acceptors (Lipinski definition) is 2. The molecule has 1 aliphatic carbocycles. The molecule has 94 valence electrons. The van der Waals surface area contributed by atoms with Gasteiger partial charge in [0.05, 0.1) is 7.11 Å². The van der Waals surface area contributed by atoms with Crippen molar-refractivity contribution in [2.75, 3.05) is 13.7 Å². The minimum absolute atomic E-state index is 0.465. The van der Waals surface area contributed by atoms with Crippen LogP contribution in [0.1, 0.15) is 38.2 Å². The van der Waals surface area contributed by atoms with Crippen LogP contribution in [0, 0.1) is 0 Å². The first-order valence-corrected chi connectivity index (χ1v) is 6.66. The van der Waals surface area contributed by atoms with E-state index in [9.17, 15) is 0 Å². The van der Waals surface area contributed by atoms with Gasteiger partial charge in [0.15, 0.2) is 0 Å². The Morgan fingerprint density at radius 3 is 2.41 bits per heavy atom. The maximum absolute atomic E-state index is 5.16. The van der Waals surface area contributed by atoms with Crippen molar-refractivity contribution in [3.8, 4) is 5.75 Å². The van der Waals surface area contributed by atoms with E-state index >= 15 is 0 Å². The molecule has 0 aromatic heterocycles. The molecule has 0 amide bonds. The smallest absolute Gasteiger partial charge is 0.118 e. The fraction of sp³-hybridized carbons (Fsp3) is 0.600. The molecule has 0 heterocycles. The molecule has 2 heteroatoms. The minimum atomic E-state index is 0.465. The maximum Gasteiger partial charge on any atom is 0.118 e. The zero-order valence-electron chi connectivity index (χ0n) is 11.0. The number of hydrogen-bond donors (Lipinski definition) is 1. The van der Waals surface area contributed by atoms with Crippen LogP contribution in [0.25, 0.3) is 0 Å².